The first-order valence-electron chi connectivity index (χ1n) is 7.97. The largest absolute Gasteiger partial charge is 0.396 e. The van der Waals surface area contributed by atoms with Gasteiger partial charge in [-0.15, -0.1) is 11.8 Å². The molecule has 2 atom stereocenters. The first-order valence-corrected chi connectivity index (χ1v) is 8.85. The molecule has 1 heterocycles. The smallest absolute Gasteiger partial charge is 0.0442 e. The molecule has 0 unspecified atom stereocenters. The average Bonchev–Trinajstić information content (AvgIpc) is 2.54. The van der Waals surface area contributed by atoms with Crippen LogP contribution in [0.5, 0.6) is 0 Å². The van der Waals surface area contributed by atoms with E-state index in [9.17, 15) is 5.11 Å². The van der Waals surface area contributed by atoms with Gasteiger partial charge >= 0.3 is 0 Å². The number of thioether (sulfide) groups is 1. The van der Waals surface area contributed by atoms with Crippen LogP contribution in [0.1, 0.15) is 18.4 Å². The fraction of sp³-hybridized carbons (Fsp3) is 0.368. The van der Waals surface area contributed by atoms with Crippen LogP contribution in [0.15, 0.2) is 65.6 Å². The Morgan fingerprint density at radius 1 is 1.05 bits per heavy atom. The van der Waals surface area contributed by atoms with E-state index in [1.54, 1.807) is 0 Å². The van der Waals surface area contributed by atoms with Crippen molar-refractivity contribution in [1.29, 1.82) is 0 Å². The van der Waals surface area contributed by atoms with E-state index in [2.05, 4.69) is 65.6 Å². The van der Waals surface area contributed by atoms with Crippen LogP contribution in [0.4, 0.5) is 0 Å². The Morgan fingerprint density at radius 2 is 1.73 bits per heavy atom. The molecule has 1 saturated heterocycles. The highest BCUT2D eigenvalue weighted by atomic mass is 32.2. The molecule has 0 aromatic heterocycles. The van der Waals surface area contributed by atoms with Gasteiger partial charge in [-0.05, 0) is 30.5 Å². The number of hydrogen-bond donors (Lipinski definition) is 1. The second-order valence-corrected chi connectivity index (χ2v) is 7.11. The van der Waals surface area contributed by atoms with Crippen molar-refractivity contribution in [1.82, 2.24) is 4.90 Å². The van der Waals surface area contributed by atoms with Gasteiger partial charge in [-0.3, -0.25) is 4.90 Å². The Hall–Kier alpha value is -1.29. The van der Waals surface area contributed by atoms with Gasteiger partial charge in [0.05, 0.1) is 0 Å². The molecule has 3 heteroatoms. The molecule has 22 heavy (non-hydrogen) atoms. The minimum Gasteiger partial charge on any atom is -0.396 e. The second kappa shape index (κ2) is 7.82. The summed E-state index contributed by atoms with van der Waals surface area (Å²) in [6.07, 6.45) is 2.09. The zero-order chi connectivity index (χ0) is 15.2. The number of likely N-dealkylation sites (tertiary alicyclic amines) is 1. The number of aliphatic hydroxyl groups is 1. The van der Waals surface area contributed by atoms with Crippen LogP contribution in [0, 0.1) is 0 Å². The van der Waals surface area contributed by atoms with Gasteiger partial charge in [-0.1, -0.05) is 48.5 Å². The van der Waals surface area contributed by atoms with Crippen molar-refractivity contribution < 1.29 is 5.11 Å². The zero-order valence-electron chi connectivity index (χ0n) is 12.8. The molecule has 1 N–H and O–H groups in total. The minimum atomic E-state index is 0.264. The standard InChI is InChI=1S/C19H23NOS/c21-14-12-19(22-17-9-5-2-6-10-17)18-11-13-20(18)15-16-7-3-1-4-8-16/h1-10,18-19,21H,11-15H2/t18-,19-/m1/s1. The van der Waals surface area contributed by atoms with Crippen LogP contribution < -0.4 is 0 Å². The third-order valence-electron chi connectivity index (χ3n) is 4.28. The lowest BCUT2D eigenvalue weighted by Gasteiger charge is -2.45. The lowest BCUT2D eigenvalue weighted by Crippen LogP contribution is -2.52. The average molecular weight is 313 g/mol. The molecule has 0 aliphatic carbocycles. The third-order valence-corrected chi connectivity index (χ3v) is 5.68. The molecule has 116 valence electrons. The van der Waals surface area contributed by atoms with Crippen LogP contribution in [0.3, 0.4) is 0 Å². The maximum atomic E-state index is 9.43. The van der Waals surface area contributed by atoms with Gasteiger partial charge in [-0.2, -0.15) is 0 Å². The van der Waals surface area contributed by atoms with Crippen molar-refractivity contribution in [3.63, 3.8) is 0 Å². The molecule has 2 aromatic carbocycles. The SMILES string of the molecule is OCC[C@@H](Sc1ccccc1)[C@H]1CCN1Cc1ccccc1. The number of benzene rings is 2. The van der Waals surface area contributed by atoms with Crippen molar-refractivity contribution in [2.45, 2.75) is 35.6 Å². The molecule has 3 rings (SSSR count). The van der Waals surface area contributed by atoms with Crippen LogP contribution in [0.2, 0.25) is 0 Å². The van der Waals surface area contributed by atoms with Crippen LogP contribution in [-0.2, 0) is 6.54 Å². The van der Waals surface area contributed by atoms with Gasteiger partial charge in [0.15, 0.2) is 0 Å². The number of rotatable bonds is 7. The van der Waals surface area contributed by atoms with Crippen molar-refractivity contribution in [2.75, 3.05) is 13.2 Å². The number of aliphatic hydroxyl groups excluding tert-OH is 1. The van der Waals surface area contributed by atoms with E-state index in [0.29, 0.717) is 11.3 Å². The predicted octanol–water partition coefficient (Wildman–Crippen LogP) is 3.80. The van der Waals surface area contributed by atoms with E-state index in [1.165, 1.54) is 16.9 Å². The Morgan fingerprint density at radius 3 is 2.32 bits per heavy atom. The van der Waals surface area contributed by atoms with E-state index in [1.807, 2.05) is 11.8 Å². The van der Waals surface area contributed by atoms with E-state index in [-0.39, 0.29) is 6.61 Å². The normalized spacial score (nSPS) is 19.6. The maximum Gasteiger partial charge on any atom is 0.0442 e. The van der Waals surface area contributed by atoms with E-state index in [4.69, 9.17) is 0 Å². The first-order chi connectivity index (χ1) is 10.9. The van der Waals surface area contributed by atoms with E-state index >= 15 is 0 Å². The van der Waals surface area contributed by atoms with Crippen molar-refractivity contribution in [3.8, 4) is 0 Å². The molecule has 2 nitrogen and oxygen atoms in total. The fourth-order valence-corrected chi connectivity index (χ4v) is 4.38. The topological polar surface area (TPSA) is 23.5 Å². The molecule has 0 bridgehead atoms. The molecular weight excluding hydrogens is 290 g/mol. The summed E-state index contributed by atoms with van der Waals surface area (Å²) in [5.74, 6) is 0. The van der Waals surface area contributed by atoms with Gasteiger partial charge in [-0.25, -0.2) is 0 Å². The molecular formula is C19H23NOS. The summed E-state index contributed by atoms with van der Waals surface area (Å²) >= 11 is 1.91. The fourth-order valence-electron chi connectivity index (χ4n) is 3.03. The second-order valence-electron chi connectivity index (χ2n) is 5.79. The van der Waals surface area contributed by atoms with Crippen LogP contribution in [-0.4, -0.2) is 34.4 Å². The van der Waals surface area contributed by atoms with Crippen molar-refractivity contribution in [3.05, 3.63) is 66.2 Å². The molecule has 0 amide bonds. The van der Waals surface area contributed by atoms with E-state index < -0.39 is 0 Å². The molecule has 0 saturated carbocycles. The maximum absolute atomic E-state index is 9.43. The van der Waals surface area contributed by atoms with Gasteiger partial charge in [0, 0.05) is 35.9 Å². The number of hydrogen-bond acceptors (Lipinski definition) is 3. The lowest BCUT2D eigenvalue weighted by molar-refractivity contribution is 0.0742. The summed E-state index contributed by atoms with van der Waals surface area (Å²) in [5, 5.41) is 9.89. The molecule has 1 aliphatic heterocycles. The highest BCUT2D eigenvalue weighted by Crippen LogP contribution is 2.35. The first kappa shape index (κ1) is 15.6. The summed E-state index contributed by atoms with van der Waals surface area (Å²) in [5.41, 5.74) is 1.37. The molecule has 2 aromatic rings. The van der Waals surface area contributed by atoms with Crippen molar-refractivity contribution in [2.24, 2.45) is 0 Å². The van der Waals surface area contributed by atoms with Gasteiger partial charge in [0.25, 0.3) is 0 Å². The van der Waals surface area contributed by atoms with Crippen LogP contribution >= 0.6 is 11.8 Å². The lowest BCUT2D eigenvalue weighted by atomic mass is 9.96. The zero-order valence-corrected chi connectivity index (χ0v) is 13.6. The van der Waals surface area contributed by atoms with E-state index in [0.717, 1.165) is 19.5 Å². The predicted molar refractivity (Wildman–Crippen MR) is 93.0 cm³/mol. The van der Waals surface area contributed by atoms with Gasteiger partial charge in [0.1, 0.15) is 0 Å². The molecule has 1 aliphatic rings. The molecule has 0 radical (unpaired) electrons. The van der Waals surface area contributed by atoms with Crippen molar-refractivity contribution >= 4 is 11.8 Å². The Kier molecular flexibility index (Phi) is 5.54. The summed E-state index contributed by atoms with van der Waals surface area (Å²) in [4.78, 5) is 3.85. The van der Waals surface area contributed by atoms with Gasteiger partial charge in [0.2, 0.25) is 0 Å². The molecule has 1 fully saturated rings. The summed E-state index contributed by atoms with van der Waals surface area (Å²) < 4.78 is 0. The highest BCUT2D eigenvalue weighted by Gasteiger charge is 2.34. The monoisotopic (exact) mass is 313 g/mol. The molecule has 0 spiro atoms. The Labute approximate surface area is 137 Å². The summed E-state index contributed by atoms with van der Waals surface area (Å²) in [6, 6.07) is 21.8. The minimum absolute atomic E-state index is 0.264. The summed E-state index contributed by atoms with van der Waals surface area (Å²) in [7, 11) is 0. The Balaban J connectivity index is 1.64. The quantitative estimate of drug-likeness (QED) is 0.786. The van der Waals surface area contributed by atoms with Gasteiger partial charge < -0.3 is 5.11 Å². The van der Waals surface area contributed by atoms with Crippen LogP contribution in [0.25, 0.3) is 0 Å². The number of nitrogens with zero attached hydrogens (tertiary/aromatic N) is 1. The Bertz CT molecular complexity index is 560. The third kappa shape index (κ3) is 3.92. The summed E-state index contributed by atoms with van der Waals surface area (Å²) in [6.45, 7) is 2.44. The highest BCUT2D eigenvalue weighted by molar-refractivity contribution is 8.00.